The van der Waals surface area contributed by atoms with E-state index in [0.29, 0.717) is 0 Å². The number of hydrogen-bond acceptors (Lipinski definition) is 4. The van der Waals surface area contributed by atoms with Crippen molar-refractivity contribution in [2.75, 3.05) is 24.3 Å². The van der Waals surface area contributed by atoms with Crippen LogP contribution in [0.4, 0.5) is 11.4 Å². The third kappa shape index (κ3) is 5.03. The Bertz CT molecular complexity index is 610. The van der Waals surface area contributed by atoms with E-state index in [-0.39, 0.29) is 17.5 Å². The molecular weight excluding hydrogens is 288 g/mol. The third-order valence-corrected chi connectivity index (χ3v) is 4.05. The highest BCUT2D eigenvalue weighted by molar-refractivity contribution is 5.97. The predicted octanol–water partition coefficient (Wildman–Crippen LogP) is 3.02. The Morgan fingerprint density at radius 2 is 2.04 bits per heavy atom. The molecule has 1 aromatic carbocycles. The van der Waals surface area contributed by atoms with E-state index in [1.165, 1.54) is 12.6 Å². The van der Waals surface area contributed by atoms with Gasteiger partial charge in [-0.2, -0.15) is 5.26 Å². The monoisotopic (exact) mass is 312 g/mol. The molecule has 1 aliphatic carbocycles. The Balaban J connectivity index is 1.99. The van der Waals surface area contributed by atoms with Crippen molar-refractivity contribution in [2.24, 2.45) is 0 Å². The summed E-state index contributed by atoms with van der Waals surface area (Å²) in [5.74, 6) is -0.296. The van der Waals surface area contributed by atoms with Crippen LogP contribution in [0.1, 0.15) is 32.1 Å². The summed E-state index contributed by atoms with van der Waals surface area (Å²) in [5, 5.41) is 15.2. The Labute approximate surface area is 138 Å². The highest BCUT2D eigenvalue weighted by Gasteiger charge is 2.17. The molecule has 2 rings (SSSR count). The summed E-state index contributed by atoms with van der Waals surface area (Å²) in [7, 11) is 3.93. The van der Waals surface area contributed by atoms with E-state index in [9.17, 15) is 10.1 Å². The number of amides is 1. The van der Waals surface area contributed by atoms with E-state index < -0.39 is 0 Å². The average molecular weight is 312 g/mol. The van der Waals surface area contributed by atoms with E-state index in [1.54, 1.807) is 0 Å². The van der Waals surface area contributed by atoms with Crippen LogP contribution in [0.15, 0.2) is 36.0 Å². The number of nitriles is 1. The van der Waals surface area contributed by atoms with Crippen molar-refractivity contribution in [3.05, 3.63) is 36.0 Å². The molecule has 1 aliphatic rings. The van der Waals surface area contributed by atoms with Crippen molar-refractivity contribution < 1.29 is 4.79 Å². The number of nitrogens with zero attached hydrogens (tertiary/aromatic N) is 2. The molecule has 5 nitrogen and oxygen atoms in total. The summed E-state index contributed by atoms with van der Waals surface area (Å²) in [6.45, 7) is 0. The standard InChI is InChI=1S/C18H24N4O/c1-22(2)17-10-6-9-16(11-17)20-13-14(12-19)18(23)21-15-7-4-3-5-8-15/h6,9-11,13,15,20H,3-5,7-8H2,1-2H3,(H,21,23)/b14-13-. The quantitative estimate of drug-likeness (QED) is 0.648. The van der Waals surface area contributed by atoms with Gasteiger partial charge in [0.1, 0.15) is 11.6 Å². The van der Waals surface area contributed by atoms with Crippen LogP contribution in [0.25, 0.3) is 0 Å². The van der Waals surface area contributed by atoms with E-state index >= 15 is 0 Å². The summed E-state index contributed by atoms with van der Waals surface area (Å²) in [6.07, 6.45) is 7.01. The van der Waals surface area contributed by atoms with Crippen molar-refractivity contribution >= 4 is 17.3 Å². The van der Waals surface area contributed by atoms with Gasteiger partial charge < -0.3 is 15.5 Å². The summed E-state index contributed by atoms with van der Waals surface area (Å²) < 4.78 is 0. The fourth-order valence-corrected chi connectivity index (χ4v) is 2.69. The van der Waals surface area contributed by atoms with Crippen LogP contribution in [-0.4, -0.2) is 26.0 Å². The van der Waals surface area contributed by atoms with Gasteiger partial charge in [-0.15, -0.1) is 0 Å². The van der Waals surface area contributed by atoms with Gasteiger partial charge in [-0.05, 0) is 31.0 Å². The van der Waals surface area contributed by atoms with Gasteiger partial charge in [-0.25, -0.2) is 0 Å². The SMILES string of the molecule is CN(C)c1cccc(N/C=C(/C#N)C(=O)NC2CCCCC2)c1. The van der Waals surface area contributed by atoms with Crippen molar-refractivity contribution in [3.8, 4) is 6.07 Å². The van der Waals surface area contributed by atoms with Crippen molar-refractivity contribution in [3.63, 3.8) is 0 Å². The third-order valence-electron chi connectivity index (χ3n) is 4.05. The molecule has 5 heteroatoms. The average Bonchev–Trinajstić information content (AvgIpc) is 2.56. The van der Waals surface area contributed by atoms with Gasteiger partial charge in [0.2, 0.25) is 0 Å². The fourth-order valence-electron chi connectivity index (χ4n) is 2.69. The Hall–Kier alpha value is -2.48. The zero-order chi connectivity index (χ0) is 16.7. The van der Waals surface area contributed by atoms with Gasteiger partial charge in [0, 0.05) is 37.7 Å². The minimum Gasteiger partial charge on any atom is -0.378 e. The summed E-state index contributed by atoms with van der Waals surface area (Å²) in [6, 6.07) is 9.96. The number of benzene rings is 1. The van der Waals surface area contributed by atoms with Crippen LogP contribution in [0.5, 0.6) is 0 Å². The van der Waals surface area contributed by atoms with Crippen molar-refractivity contribution in [1.82, 2.24) is 5.32 Å². The molecule has 1 amide bonds. The molecule has 2 N–H and O–H groups in total. The molecule has 0 aliphatic heterocycles. The number of rotatable bonds is 5. The molecule has 122 valence electrons. The first-order valence-electron chi connectivity index (χ1n) is 8.05. The van der Waals surface area contributed by atoms with Gasteiger partial charge in [-0.3, -0.25) is 4.79 Å². The highest BCUT2D eigenvalue weighted by Crippen LogP contribution is 2.19. The first-order valence-corrected chi connectivity index (χ1v) is 8.05. The maximum atomic E-state index is 12.2. The number of anilines is 2. The molecule has 0 heterocycles. The fraction of sp³-hybridized carbons (Fsp3) is 0.444. The van der Waals surface area contributed by atoms with Gasteiger partial charge >= 0.3 is 0 Å². The van der Waals surface area contributed by atoms with Crippen molar-refractivity contribution in [1.29, 1.82) is 5.26 Å². The largest absolute Gasteiger partial charge is 0.378 e. The van der Waals surface area contributed by atoms with Gasteiger partial charge in [0.15, 0.2) is 0 Å². The molecule has 0 aromatic heterocycles. The molecule has 23 heavy (non-hydrogen) atoms. The van der Waals surface area contributed by atoms with E-state index in [1.807, 2.05) is 49.3 Å². The lowest BCUT2D eigenvalue weighted by atomic mass is 9.95. The number of carbonyl (C=O) groups is 1. The van der Waals surface area contributed by atoms with Crippen LogP contribution < -0.4 is 15.5 Å². The molecule has 1 fully saturated rings. The minimum atomic E-state index is -0.296. The van der Waals surface area contributed by atoms with E-state index in [2.05, 4.69) is 10.6 Å². The Kier molecular flexibility index (Phi) is 6.04. The second-order valence-electron chi connectivity index (χ2n) is 6.07. The maximum Gasteiger partial charge on any atom is 0.263 e. The molecule has 0 bridgehead atoms. The predicted molar refractivity (Wildman–Crippen MR) is 93.1 cm³/mol. The minimum absolute atomic E-state index is 0.103. The normalized spacial score (nSPS) is 15.6. The topological polar surface area (TPSA) is 68.2 Å². The molecule has 0 saturated heterocycles. The zero-order valence-corrected chi connectivity index (χ0v) is 13.8. The lowest BCUT2D eigenvalue weighted by molar-refractivity contribution is -0.118. The van der Waals surface area contributed by atoms with Crippen LogP contribution in [0, 0.1) is 11.3 Å². The summed E-state index contributed by atoms with van der Waals surface area (Å²) >= 11 is 0. The molecule has 0 atom stereocenters. The Morgan fingerprint density at radius 1 is 1.30 bits per heavy atom. The molecule has 0 spiro atoms. The maximum absolute atomic E-state index is 12.2. The summed E-state index contributed by atoms with van der Waals surface area (Å²) in [4.78, 5) is 14.2. The molecule has 1 aromatic rings. The molecule has 0 radical (unpaired) electrons. The van der Waals surface area contributed by atoms with Crippen LogP contribution in [-0.2, 0) is 4.79 Å². The number of nitrogens with one attached hydrogen (secondary N) is 2. The van der Waals surface area contributed by atoms with Gasteiger partial charge in [-0.1, -0.05) is 25.3 Å². The van der Waals surface area contributed by atoms with Crippen molar-refractivity contribution in [2.45, 2.75) is 38.1 Å². The van der Waals surface area contributed by atoms with Gasteiger partial charge in [0.25, 0.3) is 5.91 Å². The van der Waals surface area contributed by atoms with Crippen LogP contribution >= 0.6 is 0 Å². The Morgan fingerprint density at radius 3 is 2.70 bits per heavy atom. The second kappa shape index (κ2) is 8.23. The molecule has 1 saturated carbocycles. The lowest BCUT2D eigenvalue weighted by Gasteiger charge is -2.22. The number of hydrogen-bond donors (Lipinski definition) is 2. The first kappa shape index (κ1) is 16.9. The second-order valence-corrected chi connectivity index (χ2v) is 6.07. The number of carbonyl (C=O) groups excluding carboxylic acids is 1. The first-order chi connectivity index (χ1) is 11.1. The van der Waals surface area contributed by atoms with Crippen LogP contribution in [0.3, 0.4) is 0 Å². The van der Waals surface area contributed by atoms with E-state index in [4.69, 9.17) is 0 Å². The smallest absolute Gasteiger partial charge is 0.263 e. The van der Waals surface area contributed by atoms with E-state index in [0.717, 1.165) is 37.1 Å². The summed E-state index contributed by atoms with van der Waals surface area (Å²) in [5.41, 5.74) is 1.99. The van der Waals surface area contributed by atoms with Crippen LogP contribution in [0.2, 0.25) is 0 Å². The van der Waals surface area contributed by atoms with Gasteiger partial charge in [0.05, 0.1) is 0 Å². The molecule has 0 unspecified atom stereocenters. The molecular formula is C18H24N4O. The highest BCUT2D eigenvalue weighted by atomic mass is 16.1. The zero-order valence-electron chi connectivity index (χ0n) is 13.8. The lowest BCUT2D eigenvalue weighted by Crippen LogP contribution is -2.37.